The summed E-state index contributed by atoms with van der Waals surface area (Å²) in [6.07, 6.45) is 3.19. The summed E-state index contributed by atoms with van der Waals surface area (Å²) in [6.45, 7) is 2.69. The summed E-state index contributed by atoms with van der Waals surface area (Å²) in [5, 5.41) is 12.4. The first-order valence-electron chi connectivity index (χ1n) is 10.8. The zero-order valence-corrected chi connectivity index (χ0v) is 19.2. The Hall–Kier alpha value is -3.04. The maximum atomic E-state index is 13.5. The number of thiazole rings is 1. The number of benzene rings is 2. The topological polar surface area (TPSA) is 82.8 Å². The van der Waals surface area contributed by atoms with Crippen LogP contribution in [0.5, 0.6) is 0 Å². The minimum Gasteiger partial charge on any atom is -0.366 e. The number of nitrogens with zero attached hydrogens (tertiary/aromatic N) is 5. The Morgan fingerprint density at radius 2 is 1.88 bits per heavy atom. The second kappa shape index (κ2) is 9.62. The monoisotopic (exact) mass is 453 g/mol. The molecule has 1 aliphatic heterocycles. The first-order valence-corrected chi connectivity index (χ1v) is 11.6. The van der Waals surface area contributed by atoms with Crippen LogP contribution in [-0.4, -0.2) is 61.0 Å². The summed E-state index contributed by atoms with van der Waals surface area (Å²) in [6, 6.07) is 12.6. The Balaban J connectivity index is 1.69. The molecular formula is C23H27N5O3S. The fourth-order valence-electron chi connectivity index (χ4n) is 3.92. The van der Waals surface area contributed by atoms with E-state index in [-0.39, 0.29) is 16.5 Å². The van der Waals surface area contributed by atoms with Crippen molar-refractivity contribution < 1.29 is 9.72 Å². The van der Waals surface area contributed by atoms with Gasteiger partial charge >= 0.3 is 0 Å². The first kappa shape index (κ1) is 22.2. The van der Waals surface area contributed by atoms with Crippen LogP contribution in [0.3, 0.4) is 0 Å². The third kappa shape index (κ3) is 4.73. The first-order chi connectivity index (χ1) is 15.4. The molecule has 32 heavy (non-hydrogen) atoms. The SMILES string of the molecule is CN(C)CCN(C(=O)c1ccc(N2CCCCC2)c([N+](=O)[O-])c1)c1nc2ccccc2s1. The summed E-state index contributed by atoms with van der Waals surface area (Å²) < 4.78 is 0.997. The van der Waals surface area contributed by atoms with E-state index in [4.69, 9.17) is 0 Å². The second-order valence-electron chi connectivity index (χ2n) is 8.23. The number of hydrogen-bond acceptors (Lipinski definition) is 7. The van der Waals surface area contributed by atoms with Gasteiger partial charge in [-0.3, -0.25) is 19.8 Å². The van der Waals surface area contributed by atoms with Crippen LogP contribution in [0.4, 0.5) is 16.5 Å². The average Bonchev–Trinajstić information content (AvgIpc) is 3.23. The number of anilines is 2. The number of para-hydroxylation sites is 1. The zero-order valence-electron chi connectivity index (χ0n) is 18.4. The maximum absolute atomic E-state index is 13.5. The van der Waals surface area contributed by atoms with E-state index in [0.717, 1.165) is 42.6 Å². The molecule has 0 atom stereocenters. The van der Waals surface area contributed by atoms with Crippen molar-refractivity contribution in [2.45, 2.75) is 19.3 Å². The van der Waals surface area contributed by atoms with Gasteiger partial charge in [0.25, 0.3) is 11.6 Å². The van der Waals surface area contributed by atoms with Crippen molar-refractivity contribution in [1.82, 2.24) is 9.88 Å². The highest BCUT2D eigenvalue weighted by atomic mass is 32.1. The van der Waals surface area contributed by atoms with Gasteiger partial charge in [0.2, 0.25) is 0 Å². The highest BCUT2D eigenvalue weighted by Gasteiger charge is 2.26. The average molecular weight is 454 g/mol. The van der Waals surface area contributed by atoms with Crippen LogP contribution in [0.1, 0.15) is 29.6 Å². The number of nitro groups is 1. The fraction of sp³-hybridized carbons (Fsp3) is 0.391. The van der Waals surface area contributed by atoms with Gasteiger partial charge in [-0.2, -0.15) is 0 Å². The van der Waals surface area contributed by atoms with Crippen molar-refractivity contribution in [2.75, 3.05) is 50.1 Å². The smallest absolute Gasteiger partial charge is 0.293 e. The molecule has 0 bridgehead atoms. The van der Waals surface area contributed by atoms with Crippen LogP contribution in [0.15, 0.2) is 42.5 Å². The van der Waals surface area contributed by atoms with Crippen molar-refractivity contribution in [1.29, 1.82) is 0 Å². The molecule has 9 heteroatoms. The van der Waals surface area contributed by atoms with Crippen LogP contribution < -0.4 is 9.80 Å². The number of piperidine rings is 1. The Bertz CT molecular complexity index is 1090. The van der Waals surface area contributed by atoms with Crippen molar-refractivity contribution >= 4 is 44.0 Å². The van der Waals surface area contributed by atoms with Gasteiger partial charge in [0.15, 0.2) is 5.13 Å². The van der Waals surface area contributed by atoms with E-state index in [1.807, 2.05) is 48.2 Å². The van der Waals surface area contributed by atoms with Gasteiger partial charge in [0, 0.05) is 37.8 Å². The van der Waals surface area contributed by atoms with Crippen molar-refractivity contribution in [3.8, 4) is 0 Å². The third-order valence-electron chi connectivity index (χ3n) is 5.65. The molecule has 4 rings (SSSR count). The molecule has 1 aromatic heterocycles. The van der Waals surface area contributed by atoms with E-state index in [9.17, 15) is 14.9 Å². The largest absolute Gasteiger partial charge is 0.366 e. The minimum absolute atomic E-state index is 0.0189. The standard InChI is InChI=1S/C23H27N5O3S/c1-25(2)14-15-27(23-24-18-8-4-5-9-21(18)32-23)22(29)17-10-11-19(20(16-17)28(30)31)26-12-6-3-7-13-26/h4-5,8-11,16H,3,6-7,12-15H2,1-2H3. The van der Waals surface area contributed by atoms with E-state index in [2.05, 4.69) is 4.98 Å². The molecule has 168 valence electrons. The predicted octanol–water partition coefficient (Wildman–Crippen LogP) is 4.40. The fourth-order valence-corrected chi connectivity index (χ4v) is 4.91. The van der Waals surface area contributed by atoms with Gasteiger partial charge in [0.05, 0.1) is 15.1 Å². The molecule has 1 aliphatic rings. The van der Waals surface area contributed by atoms with Crippen LogP contribution >= 0.6 is 11.3 Å². The van der Waals surface area contributed by atoms with Crippen LogP contribution in [0, 0.1) is 10.1 Å². The lowest BCUT2D eigenvalue weighted by Crippen LogP contribution is -2.37. The Kier molecular flexibility index (Phi) is 6.66. The second-order valence-corrected chi connectivity index (χ2v) is 9.24. The summed E-state index contributed by atoms with van der Waals surface area (Å²) in [4.78, 5) is 35.3. The third-order valence-corrected chi connectivity index (χ3v) is 6.70. The molecule has 1 saturated heterocycles. The minimum atomic E-state index is -0.386. The lowest BCUT2D eigenvalue weighted by molar-refractivity contribution is -0.384. The van der Waals surface area contributed by atoms with E-state index in [0.29, 0.717) is 29.5 Å². The highest BCUT2D eigenvalue weighted by molar-refractivity contribution is 7.22. The van der Waals surface area contributed by atoms with Crippen LogP contribution in [0.25, 0.3) is 10.2 Å². The Labute approximate surface area is 191 Å². The van der Waals surface area contributed by atoms with Crippen molar-refractivity contribution in [2.24, 2.45) is 0 Å². The maximum Gasteiger partial charge on any atom is 0.293 e. The predicted molar refractivity (Wildman–Crippen MR) is 129 cm³/mol. The molecule has 0 unspecified atom stereocenters. The molecule has 2 aromatic carbocycles. The zero-order chi connectivity index (χ0) is 22.7. The number of fused-ring (bicyclic) bond motifs is 1. The quantitative estimate of drug-likeness (QED) is 0.389. The molecule has 8 nitrogen and oxygen atoms in total. The van der Waals surface area contributed by atoms with Gasteiger partial charge in [-0.25, -0.2) is 4.98 Å². The number of carbonyl (C=O) groups is 1. The summed E-state index contributed by atoms with van der Waals surface area (Å²) in [7, 11) is 3.89. The number of hydrogen-bond donors (Lipinski definition) is 0. The van der Waals surface area contributed by atoms with E-state index in [1.165, 1.54) is 17.4 Å². The number of amides is 1. The molecule has 0 spiro atoms. The van der Waals surface area contributed by atoms with Gasteiger partial charge in [-0.1, -0.05) is 23.5 Å². The molecule has 1 amide bonds. The Morgan fingerprint density at radius 1 is 1.12 bits per heavy atom. The normalized spacial score (nSPS) is 14.2. The van der Waals surface area contributed by atoms with Crippen LogP contribution in [0.2, 0.25) is 0 Å². The number of nitro benzene ring substituents is 1. The molecule has 2 heterocycles. The summed E-state index contributed by atoms with van der Waals surface area (Å²) in [5.74, 6) is -0.279. The summed E-state index contributed by atoms with van der Waals surface area (Å²) in [5.41, 5.74) is 1.71. The summed E-state index contributed by atoms with van der Waals surface area (Å²) >= 11 is 1.45. The van der Waals surface area contributed by atoms with Crippen molar-refractivity contribution in [3.63, 3.8) is 0 Å². The molecule has 0 radical (unpaired) electrons. The lowest BCUT2D eigenvalue weighted by atomic mass is 10.1. The molecule has 0 aliphatic carbocycles. The van der Waals surface area contributed by atoms with E-state index >= 15 is 0 Å². The molecule has 1 fully saturated rings. The lowest BCUT2D eigenvalue weighted by Gasteiger charge is -2.28. The highest BCUT2D eigenvalue weighted by Crippen LogP contribution is 2.33. The molecular weight excluding hydrogens is 426 g/mol. The van der Waals surface area contributed by atoms with E-state index < -0.39 is 0 Å². The number of aromatic nitrogens is 1. The number of likely N-dealkylation sites (N-methyl/N-ethyl adjacent to an activating group) is 1. The van der Waals surface area contributed by atoms with Gasteiger partial charge in [0.1, 0.15) is 5.69 Å². The van der Waals surface area contributed by atoms with E-state index in [1.54, 1.807) is 17.0 Å². The molecule has 0 N–H and O–H groups in total. The number of carbonyl (C=O) groups excluding carboxylic acids is 1. The molecule has 0 saturated carbocycles. The number of rotatable bonds is 7. The van der Waals surface area contributed by atoms with Crippen LogP contribution in [-0.2, 0) is 0 Å². The van der Waals surface area contributed by atoms with Gasteiger partial charge < -0.3 is 9.80 Å². The van der Waals surface area contributed by atoms with Gasteiger partial charge in [-0.05, 0) is 57.6 Å². The van der Waals surface area contributed by atoms with Crippen molar-refractivity contribution in [3.05, 3.63) is 58.1 Å². The molecule has 3 aromatic rings. The Morgan fingerprint density at radius 3 is 2.56 bits per heavy atom. The van der Waals surface area contributed by atoms with Gasteiger partial charge in [-0.15, -0.1) is 0 Å².